The Morgan fingerprint density at radius 1 is 1.31 bits per heavy atom. The van der Waals surface area contributed by atoms with Gasteiger partial charge < -0.3 is 20.0 Å². The van der Waals surface area contributed by atoms with Gasteiger partial charge in [-0.1, -0.05) is 12.1 Å². The van der Waals surface area contributed by atoms with E-state index in [0.717, 1.165) is 41.3 Å². The van der Waals surface area contributed by atoms with Gasteiger partial charge in [-0.25, -0.2) is 4.98 Å². The molecular weight excluding hydrogens is 332 g/mol. The quantitative estimate of drug-likeness (QED) is 0.658. The number of aromatic hydroxyl groups is 1. The van der Waals surface area contributed by atoms with Crippen molar-refractivity contribution in [2.24, 2.45) is 0 Å². The maximum Gasteiger partial charge on any atom is 0.259 e. The molecule has 1 aromatic carbocycles. The molecule has 1 aliphatic heterocycles. The number of benzene rings is 1. The summed E-state index contributed by atoms with van der Waals surface area (Å²) in [6.07, 6.45) is 2.87. The van der Waals surface area contributed by atoms with Crippen LogP contribution in [-0.2, 0) is 0 Å². The molecular formula is C19H20N4O3. The number of aromatic amines is 2. The molecule has 3 aromatic rings. The second-order valence-electron chi connectivity index (χ2n) is 6.76. The van der Waals surface area contributed by atoms with Crippen molar-refractivity contribution < 1.29 is 9.90 Å². The van der Waals surface area contributed by atoms with Crippen molar-refractivity contribution in [3.8, 4) is 5.75 Å². The number of piperidine rings is 1. The molecule has 7 heteroatoms. The third-order valence-corrected chi connectivity index (χ3v) is 5.03. The van der Waals surface area contributed by atoms with Crippen LogP contribution in [0.1, 0.15) is 40.5 Å². The van der Waals surface area contributed by atoms with Gasteiger partial charge >= 0.3 is 0 Å². The number of para-hydroxylation sites is 1. The Kier molecular flexibility index (Phi) is 3.99. The van der Waals surface area contributed by atoms with Crippen molar-refractivity contribution in [2.45, 2.75) is 25.7 Å². The summed E-state index contributed by atoms with van der Waals surface area (Å²) in [4.78, 5) is 36.1. The third-order valence-electron chi connectivity index (χ3n) is 5.03. The van der Waals surface area contributed by atoms with Crippen molar-refractivity contribution in [1.29, 1.82) is 0 Å². The lowest BCUT2D eigenvalue weighted by Crippen LogP contribution is -2.38. The maximum atomic E-state index is 12.6. The fourth-order valence-electron chi connectivity index (χ4n) is 3.55. The highest BCUT2D eigenvalue weighted by Gasteiger charge is 2.27. The first-order chi connectivity index (χ1) is 12.5. The van der Waals surface area contributed by atoms with Gasteiger partial charge in [0.15, 0.2) is 0 Å². The molecule has 0 radical (unpaired) electrons. The van der Waals surface area contributed by atoms with E-state index in [9.17, 15) is 14.7 Å². The van der Waals surface area contributed by atoms with Crippen LogP contribution in [0.4, 0.5) is 0 Å². The minimum atomic E-state index is -0.432. The smallest absolute Gasteiger partial charge is 0.259 e. The Hall–Kier alpha value is -3.09. The molecule has 26 heavy (non-hydrogen) atoms. The van der Waals surface area contributed by atoms with E-state index in [1.807, 2.05) is 25.1 Å². The third kappa shape index (κ3) is 2.85. The van der Waals surface area contributed by atoms with E-state index in [2.05, 4.69) is 9.97 Å². The molecule has 0 bridgehead atoms. The fourth-order valence-corrected chi connectivity index (χ4v) is 3.55. The predicted molar refractivity (Wildman–Crippen MR) is 97.4 cm³/mol. The number of carbonyl (C=O) groups excluding carboxylic acids is 1. The minimum Gasteiger partial charge on any atom is -0.507 e. The van der Waals surface area contributed by atoms with Crippen LogP contribution >= 0.6 is 0 Å². The van der Waals surface area contributed by atoms with Crippen LogP contribution in [0.15, 0.2) is 35.3 Å². The number of hydrogen-bond acceptors (Lipinski definition) is 4. The van der Waals surface area contributed by atoms with Gasteiger partial charge in [0.2, 0.25) is 0 Å². The van der Waals surface area contributed by atoms with Gasteiger partial charge in [0, 0.05) is 31.3 Å². The van der Waals surface area contributed by atoms with E-state index in [0.29, 0.717) is 13.1 Å². The van der Waals surface area contributed by atoms with Gasteiger partial charge in [-0.2, -0.15) is 0 Å². The van der Waals surface area contributed by atoms with Gasteiger partial charge in [0.25, 0.3) is 11.5 Å². The molecule has 1 fully saturated rings. The van der Waals surface area contributed by atoms with E-state index in [-0.39, 0.29) is 23.1 Å². The zero-order chi connectivity index (χ0) is 18.3. The van der Waals surface area contributed by atoms with Crippen molar-refractivity contribution >= 4 is 16.9 Å². The molecule has 7 nitrogen and oxygen atoms in total. The molecule has 1 amide bonds. The first-order valence-corrected chi connectivity index (χ1v) is 8.69. The number of aromatic nitrogens is 3. The summed E-state index contributed by atoms with van der Waals surface area (Å²) in [6, 6.07) is 7.11. The summed E-state index contributed by atoms with van der Waals surface area (Å²) in [5.41, 5.74) is 2.88. The van der Waals surface area contributed by atoms with Gasteiger partial charge in [-0.05, 0) is 31.4 Å². The lowest BCUT2D eigenvalue weighted by Gasteiger charge is -2.31. The number of amides is 1. The predicted octanol–water partition coefficient (Wildman–Crippen LogP) is 2.29. The molecule has 4 rings (SSSR count). The Bertz CT molecular complexity index is 1030. The molecule has 0 unspecified atom stereocenters. The van der Waals surface area contributed by atoms with E-state index in [4.69, 9.17) is 4.98 Å². The normalized spacial score (nSPS) is 15.5. The van der Waals surface area contributed by atoms with Crippen LogP contribution in [0.25, 0.3) is 11.0 Å². The molecule has 1 aliphatic rings. The van der Waals surface area contributed by atoms with Crippen molar-refractivity contribution in [1.82, 2.24) is 19.9 Å². The number of rotatable bonds is 2. The van der Waals surface area contributed by atoms with E-state index in [1.54, 1.807) is 4.90 Å². The van der Waals surface area contributed by atoms with Crippen molar-refractivity contribution in [2.75, 3.05) is 13.1 Å². The lowest BCUT2D eigenvalue weighted by molar-refractivity contribution is 0.0707. The monoisotopic (exact) mass is 352 g/mol. The minimum absolute atomic E-state index is 0.127. The highest BCUT2D eigenvalue weighted by molar-refractivity contribution is 5.96. The van der Waals surface area contributed by atoms with Crippen LogP contribution in [0.3, 0.4) is 0 Å². The Balaban J connectivity index is 1.48. The van der Waals surface area contributed by atoms with Crippen LogP contribution < -0.4 is 5.56 Å². The number of likely N-dealkylation sites (tertiary alicyclic amines) is 1. The van der Waals surface area contributed by atoms with Crippen molar-refractivity contribution in [3.63, 3.8) is 0 Å². The summed E-state index contributed by atoms with van der Waals surface area (Å²) in [6.45, 7) is 3.21. The molecule has 0 saturated carbocycles. The van der Waals surface area contributed by atoms with E-state index >= 15 is 0 Å². The summed E-state index contributed by atoms with van der Waals surface area (Å²) in [7, 11) is 0. The number of fused-ring (bicyclic) bond motifs is 1. The maximum absolute atomic E-state index is 12.6. The van der Waals surface area contributed by atoms with Crippen molar-refractivity contribution in [3.05, 3.63) is 57.8 Å². The fraction of sp³-hybridized carbons (Fsp3) is 0.316. The first-order valence-electron chi connectivity index (χ1n) is 8.69. The SMILES string of the molecule is Cc1cccc2[nH]c(C3CCN(C(=O)c4c[nH]c(=O)cc4O)CC3)nc12. The number of H-pyrrole nitrogens is 2. The van der Waals surface area contributed by atoms with Crippen LogP contribution in [0.5, 0.6) is 5.75 Å². The molecule has 0 atom stereocenters. The van der Waals surface area contributed by atoms with Crippen LogP contribution in [0, 0.1) is 6.92 Å². The second-order valence-corrected chi connectivity index (χ2v) is 6.76. The number of carbonyl (C=O) groups is 1. The molecule has 0 spiro atoms. The highest BCUT2D eigenvalue weighted by Crippen LogP contribution is 2.29. The molecule has 2 aromatic heterocycles. The largest absolute Gasteiger partial charge is 0.507 e. The molecule has 134 valence electrons. The number of nitrogens with zero attached hydrogens (tertiary/aromatic N) is 2. The Morgan fingerprint density at radius 3 is 2.77 bits per heavy atom. The molecule has 0 aliphatic carbocycles. The van der Waals surface area contributed by atoms with E-state index < -0.39 is 5.56 Å². The average Bonchev–Trinajstić information content (AvgIpc) is 3.07. The number of nitrogens with one attached hydrogen (secondary N) is 2. The Morgan fingerprint density at radius 2 is 2.08 bits per heavy atom. The number of hydrogen-bond donors (Lipinski definition) is 3. The summed E-state index contributed by atoms with van der Waals surface area (Å²) < 4.78 is 0. The standard InChI is InChI=1S/C19H20N4O3/c1-11-3-2-4-14-17(11)22-18(21-14)12-5-7-23(8-6-12)19(26)13-10-20-16(25)9-15(13)24/h2-4,9-10,12H,5-8H2,1H3,(H,21,22)(H2,20,24,25). The number of aryl methyl sites for hydroxylation is 1. The summed E-state index contributed by atoms with van der Waals surface area (Å²) in [5, 5.41) is 9.85. The van der Waals surface area contributed by atoms with Crippen LogP contribution in [0.2, 0.25) is 0 Å². The van der Waals surface area contributed by atoms with Crippen LogP contribution in [-0.4, -0.2) is 44.0 Å². The average molecular weight is 352 g/mol. The van der Waals surface area contributed by atoms with E-state index in [1.165, 1.54) is 6.20 Å². The second kappa shape index (κ2) is 6.33. The Labute approximate surface area is 149 Å². The van der Waals surface area contributed by atoms with Gasteiger partial charge in [0.1, 0.15) is 11.6 Å². The molecule has 1 saturated heterocycles. The zero-order valence-electron chi connectivity index (χ0n) is 14.5. The highest BCUT2D eigenvalue weighted by atomic mass is 16.3. The number of imidazole rings is 1. The molecule has 3 N–H and O–H groups in total. The van der Waals surface area contributed by atoms with Gasteiger partial charge in [0.05, 0.1) is 16.6 Å². The lowest BCUT2D eigenvalue weighted by atomic mass is 9.95. The zero-order valence-corrected chi connectivity index (χ0v) is 14.5. The summed E-state index contributed by atoms with van der Waals surface area (Å²) in [5.74, 6) is 0.689. The van der Waals surface area contributed by atoms with Gasteiger partial charge in [-0.3, -0.25) is 9.59 Å². The van der Waals surface area contributed by atoms with Gasteiger partial charge in [-0.15, -0.1) is 0 Å². The topological polar surface area (TPSA) is 102 Å². The first kappa shape index (κ1) is 16.4. The summed E-state index contributed by atoms with van der Waals surface area (Å²) >= 11 is 0. The number of pyridine rings is 1. The molecule has 3 heterocycles.